The first kappa shape index (κ1) is 12.3. The third-order valence-electron chi connectivity index (χ3n) is 2.28. The molecule has 0 amide bonds. The first-order valence-corrected chi connectivity index (χ1v) is 7.33. The van der Waals surface area contributed by atoms with E-state index in [2.05, 4.69) is 37.2 Å². The minimum atomic E-state index is -0.455. The standard InChI is InChI=1S/C12H10Br2OS/c13-10-4-9(5-11(14)6-10)12(15)3-8-1-2-16-7-8/h1-2,4-7,12,15H,3H2. The van der Waals surface area contributed by atoms with Crippen molar-refractivity contribution in [2.45, 2.75) is 12.5 Å². The van der Waals surface area contributed by atoms with Gasteiger partial charge in [-0.2, -0.15) is 11.3 Å². The van der Waals surface area contributed by atoms with Crippen molar-refractivity contribution in [2.75, 3.05) is 0 Å². The van der Waals surface area contributed by atoms with Crippen molar-refractivity contribution in [3.05, 3.63) is 55.1 Å². The van der Waals surface area contributed by atoms with Crippen LogP contribution in [0.3, 0.4) is 0 Å². The third-order valence-corrected chi connectivity index (χ3v) is 3.93. The zero-order valence-corrected chi connectivity index (χ0v) is 12.3. The van der Waals surface area contributed by atoms with E-state index in [1.54, 1.807) is 11.3 Å². The zero-order chi connectivity index (χ0) is 11.5. The molecule has 1 aromatic carbocycles. The Kier molecular flexibility index (Phi) is 4.19. The fourth-order valence-corrected chi connectivity index (χ4v) is 3.53. The summed E-state index contributed by atoms with van der Waals surface area (Å²) in [6.07, 6.45) is 0.204. The Morgan fingerprint density at radius 3 is 2.44 bits per heavy atom. The van der Waals surface area contributed by atoms with E-state index in [1.807, 2.05) is 29.6 Å². The average molecular weight is 362 g/mol. The lowest BCUT2D eigenvalue weighted by Crippen LogP contribution is -2.01. The quantitative estimate of drug-likeness (QED) is 0.850. The second-order valence-corrected chi connectivity index (χ2v) is 6.17. The van der Waals surface area contributed by atoms with Crippen LogP contribution in [0.1, 0.15) is 17.2 Å². The highest BCUT2D eigenvalue weighted by atomic mass is 79.9. The minimum absolute atomic E-state index is 0.455. The summed E-state index contributed by atoms with van der Waals surface area (Å²) in [5, 5.41) is 14.2. The summed E-state index contributed by atoms with van der Waals surface area (Å²) in [5.41, 5.74) is 2.10. The molecule has 0 saturated carbocycles. The van der Waals surface area contributed by atoms with Gasteiger partial charge in [0.2, 0.25) is 0 Å². The maximum Gasteiger partial charge on any atom is 0.0831 e. The van der Waals surface area contributed by atoms with Crippen molar-refractivity contribution < 1.29 is 5.11 Å². The van der Waals surface area contributed by atoms with E-state index in [0.29, 0.717) is 6.42 Å². The van der Waals surface area contributed by atoms with Crippen LogP contribution in [-0.4, -0.2) is 5.11 Å². The van der Waals surface area contributed by atoms with E-state index in [4.69, 9.17) is 0 Å². The van der Waals surface area contributed by atoms with E-state index in [-0.39, 0.29) is 0 Å². The SMILES string of the molecule is OC(Cc1ccsc1)c1cc(Br)cc(Br)c1. The van der Waals surface area contributed by atoms with Gasteiger partial charge >= 0.3 is 0 Å². The third kappa shape index (κ3) is 3.17. The molecule has 16 heavy (non-hydrogen) atoms. The van der Waals surface area contributed by atoms with Crippen LogP contribution in [0.25, 0.3) is 0 Å². The van der Waals surface area contributed by atoms with Crippen LogP contribution in [0.2, 0.25) is 0 Å². The van der Waals surface area contributed by atoms with Crippen LogP contribution in [0, 0.1) is 0 Å². The van der Waals surface area contributed by atoms with E-state index in [1.165, 1.54) is 5.56 Å². The molecular weight excluding hydrogens is 352 g/mol. The Labute approximate surface area is 115 Å². The van der Waals surface area contributed by atoms with Gasteiger partial charge in [-0.05, 0) is 46.2 Å². The predicted molar refractivity (Wildman–Crippen MR) is 74.8 cm³/mol. The Hall–Kier alpha value is -0.160. The van der Waals surface area contributed by atoms with Crippen LogP contribution < -0.4 is 0 Å². The van der Waals surface area contributed by atoms with Crippen LogP contribution in [0.15, 0.2) is 44.0 Å². The number of benzene rings is 1. The average Bonchev–Trinajstić information content (AvgIpc) is 2.68. The molecule has 1 unspecified atom stereocenters. The molecule has 1 aromatic heterocycles. The second kappa shape index (κ2) is 5.45. The van der Waals surface area contributed by atoms with Gasteiger partial charge in [-0.15, -0.1) is 0 Å². The zero-order valence-electron chi connectivity index (χ0n) is 8.36. The van der Waals surface area contributed by atoms with Crippen molar-refractivity contribution in [2.24, 2.45) is 0 Å². The molecule has 0 radical (unpaired) electrons. The van der Waals surface area contributed by atoms with Crippen molar-refractivity contribution >= 4 is 43.2 Å². The predicted octanol–water partition coefficient (Wildman–Crippen LogP) is 4.55. The van der Waals surface area contributed by atoms with Gasteiger partial charge in [-0.3, -0.25) is 0 Å². The van der Waals surface area contributed by atoms with Crippen LogP contribution in [0.5, 0.6) is 0 Å². The molecule has 1 nitrogen and oxygen atoms in total. The Balaban J connectivity index is 2.17. The molecule has 0 aliphatic rings. The lowest BCUT2D eigenvalue weighted by Gasteiger charge is -2.11. The normalized spacial score (nSPS) is 12.7. The smallest absolute Gasteiger partial charge is 0.0831 e. The van der Waals surface area contributed by atoms with Crippen molar-refractivity contribution in [1.29, 1.82) is 0 Å². The molecule has 0 aliphatic heterocycles. The molecule has 2 rings (SSSR count). The molecule has 0 spiro atoms. The summed E-state index contributed by atoms with van der Waals surface area (Å²) >= 11 is 8.49. The molecule has 1 heterocycles. The van der Waals surface area contributed by atoms with Gasteiger partial charge in [-0.1, -0.05) is 31.9 Å². The molecule has 4 heteroatoms. The maximum absolute atomic E-state index is 10.1. The molecule has 1 atom stereocenters. The summed E-state index contributed by atoms with van der Waals surface area (Å²) in [6.45, 7) is 0. The van der Waals surface area contributed by atoms with E-state index in [0.717, 1.165) is 14.5 Å². The number of hydrogen-bond acceptors (Lipinski definition) is 2. The summed E-state index contributed by atoms with van der Waals surface area (Å²) in [5.74, 6) is 0. The van der Waals surface area contributed by atoms with Gasteiger partial charge in [0.05, 0.1) is 6.10 Å². The van der Waals surface area contributed by atoms with Gasteiger partial charge in [0.1, 0.15) is 0 Å². The molecule has 0 fully saturated rings. The van der Waals surface area contributed by atoms with Gasteiger partial charge < -0.3 is 5.11 Å². The van der Waals surface area contributed by atoms with E-state index in [9.17, 15) is 5.11 Å². The Bertz CT molecular complexity index is 448. The van der Waals surface area contributed by atoms with Crippen molar-refractivity contribution in [3.8, 4) is 0 Å². The largest absolute Gasteiger partial charge is 0.388 e. The van der Waals surface area contributed by atoms with Gasteiger partial charge in [-0.25, -0.2) is 0 Å². The van der Waals surface area contributed by atoms with Crippen LogP contribution in [-0.2, 0) is 6.42 Å². The van der Waals surface area contributed by atoms with Crippen LogP contribution >= 0.6 is 43.2 Å². The summed E-state index contributed by atoms with van der Waals surface area (Å²) in [6, 6.07) is 7.89. The molecule has 0 aliphatic carbocycles. The molecule has 0 saturated heterocycles. The van der Waals surface area contributed by atoms with E-state index < -0.39 is 6.10 Å². The number of aliphatic hydroxyl groups excluding tert-OH is 1. The molecular formula is C12H10Br2OS. The topological polar surface area (TPSA) is 20.2 Å². The lowest BCUT2D eigenvalue weighted by molar-refractivity contribution is 0.178. The highest BCUT2D eigenvalue weighted by molar-refractivity contribution is 9.11. The number of thiophene rings is 1. The highest BCUT2D eigenvalue weighted by Crippen LogP contribution is 2.26. The molecule has 84 valence electrons. The van der Waals surface area contributed by atoms with Crippen molar-refractivity contribution in [1.82, 2.24) is 0 Å². The Morgan fingerprint density at radius 1 is 1.19 bits per heavy atom. The Morgan fingerprint density at radius 2 is 1.88 bits per heavy atom. The lowest BCUT2D eigenvalue weighted by atomic mass is 10.0. The maximum atomic E-state index is 10.1. The molecule has 2 aromatic rings. The summed E-state index contributed by atoms with van der Waals surface area (Å²) in [7, 11) is 0. The van der Waals surface area contributed by atoms with Gasteiger partial charge in [0.15, 0.2) is 0 Å². The van der Waals surface area contributed by atoms with E-state index >= 15 is 0 Å². The first-order chi connectivity index (χ1) is 7.65. The number of hydrogen-bond donors (Lipinski definition) is 1. The number of rotatable bonds is 3. The summed E-state index contributed by atoms with van der Waals surface area (Å²) in [4.78, 5) is 0. The fraction of sp³-hybridized carbons (Fsp3) is 0.167. The van der Waals surface area contributed by atoms with Crippen LogP contribution in [0.4, 0.5) is 0 Å². The minimum Gasteiger partial charge on any atom is -0.388 e. The van der Waals surface area contributed by atoms with Gasteiger partial charge in [0, 0.05) is 15.4 Å². The fourth-order valence-electron chi connectivity index (χ4n) is 1.52. The number of aliphatic hydroxyl groups is 1. The monoisotopic (exact) mass is 360 g/mol. The van der Waals surface area contributed by atoms with Gasteiger partial charge in [0.25, 0.3) is 0 Å². The number of halogens is 2. The summed E-state index contributed by atoms with van der Waals surface area (Å²) < 4.78 is 1.95. The van der Waals surface area contributed by atoms with Crippen molar-refractivity contribution in [3.63, 3.8) is 0 Å². The molecule has 0 bridgehead atoms. The first-order valence-electron chi connectivity index (χ1n) is 4.80. The second-order valence-electron chi connectivity index (χ2n) is 3.55. The molecule has 1 N–H and O–H groups in total. The highest BCUT2D eigenvalue weighted by Gasteiger charge is 2.10.